The van der Waals surface area contributed by atoms with Gasteiger partial charge in [-0.15, -0.1) is 0 Å². The van der Waals surface area contributed by atoms with Crippen LogP contribution in [0.4, 0.5) is 0 Å². The fourth-order valence-electron chi connectivity index (χ4n) is 7.54. The van der Waals surface area contributed by atoms with E-state index in [2.05, 4.69) is 19.2 Å². The van der Waals surface area contributed by atoms with Crippen LogP contribution < -0.4 is 5.32 Å². The average Bonchev–Trinajstić information content (AvgIpc) is 3.35. The number of ketones is 3. The summed E-state index contributed by atoms with van der Waals surface area (Å²) in [4.78, 5) is 97.2. The molecule has 52 heavy (non-hydrogen) atoms. The molecule has 6 atom stereocenters. The third-order valence-electron chi connectivity index (χ3n) is 10.7. The van der Waals surface area contributed by atoms with Gasteiger partial charge >= 0.3 is 5.97 Å². The summed E-state index contributed by atoms with van der Waals surface area (Å²) in [6.07, 6.45) is 0.734. The van der Waals surface area contributed by atoms with E-state index < -0.39 is 58.4 Å². The molecule has 0 aromatic heterocycles. The Morgan fingerprint density at radius 2 is 1.56 bits per heavy atom. The van der Waals surface area contributed by atoms with Gasteiger partial charge in [-0.2, -0.15) is 0 Å². The maximum absolute atomic E-state index is 14.3. The number of amides is 3. The lowest BCUT2D eigenvalue weighted by molar-refractivity contribution is -0.161. The molecule has 2 fully saturated rings. The van der Waals surface area contributed by atoms with Crippen molar-refractivity contribution in [3.63, 3.8) is 0 Å². The summed E-state index contributed by atoms with van der Waals surface area (Å²) >= 11 is 0. The van der Waals surface area contributed by atoms with Crippen molar-refractivity contribution in [1.82, 2.24) is 15.1 Å². The van der Waals surface area contributed by atoms with Gasteiger partial charge in [-0.1, -0.05) is 84.7 Å². The number of ether oxygens (including phenoxy) is 1. The predicted molar refractivity (Wildman–Crippen MR) is 198 cm³/mol. The number of likely N-dealkylation sites (N-methyl/N-ethyl adjacent to an activating group) is 1. The number of piperidine rings is 1. The van der Waals surface area contributed by atoms with Crippen LogP contribution >= 0.6 is 0 Å². The van der Waals surface area contributed by atoms with E-state index in [1.54, 1.807) is 70.1 Å². The second kappa shape index (κ2) is 16.8. The van der Waals surface area contributed by atoms with Crippen LogP contribution in [-0.2, 0) is 38.3 Å². The van der Waals surface area contributed by atoms with E-state index in [4.69, 9.17) is 4.74 Å². The second-order valence-corrected chi connectivity index (χ2v) is 17.5. The molecular formula is C41H61N3O8. The molecule has 3 rings (SSSR count). The number of rotatable bonds is 17. The van der Waals surface area contributed by atoms with Crippen LogP contribution in [0.2, 0.25) is 0 Å². The van der Waals surface area contributed by atoms with Crippen LogP contribution in [0.1, 0.15) is 119 Å². The molecule has 2 unspecified atom stereocenters. The van der Waals surface area contributed by atoms with Gasteiger partial charge in [0.1, 0.15) is 11.6 Å². The molecule has 3 amide bonds. The first-order valence-corrected chi connectivity index (χ1v) is 18.7. The lowest BCUT2D eigenvalue weighted by atomic mass is 9.77. The fraction of sp³-hybridized carbons (Fsp3) is 0.683. The summed E-state index contributed by atoms with van der Waals surface area (Å²) in [6.45, 7) is 17.5. The minimum Gasteiger partial charge on any atom is -0.460 e. The molecule has 1 N–H and O–H groups in total. The van der Waals surface area contributed by atoms with Crippen molar-refractivity contribution in [2.75, 3.05) is 20.6 Å². The smallest absolute Gasteiger partial charge is 0.307 e. The lowest BCUT2D eigenvalue weighted by Gasteiger charge is -2.37. The van der Waals surface area contributed by atoms with E-state index in [0.717, 1.165) is 6.42 Å². The van der Waals surface area contributed by atoms with E-state index in [0.29, 0.717) is 24.9 Å². The number of carbonyl (C=O) groups is 7. The summed E-state index contributed by atoms with van der Waals surface area (Å²) in [6, 6.07) is 7.06. The summed E-state index contributed by atoms with van der Waals surface area (Å²) in [7, 11) is 3.17. The Balaban J connectivity index is 1.76. The van der Waals surface area contributed by atoms with Crippen molar-refractivity contribution in [3.8, 4) is 0 Å². The number of Topliss-reactive ketones (excluding diaryl/α,β-unsaturated/α-hetero) is 3. The Morgan fingerprint density at radius 1 is 0.942 bits per heavy atom. The third-order valence-corrected chi connectivity index (χ3v) is 10.7. The van der Waals surface area contributed by atoms with E-state index in [1.807, 2.05) is 27.7 Å². The normalized spacial score (nSPS) is 20.9. The van der Waals surface area contributed by atoms with Gasteiger partial charge in [0.25, 0.3) is 0 Å². The molecule has 1 aromatic carbocycles. The van der Waals surface area contributed by atoms with E-state index in [-0.39, 0.29) is 60.5 Å². The summed E-state index contributed by atoms with van der Waals surface area (Å²) in [5.41, 5.74) is -0.883. The first kappa shape index (κ1) is 42.5. The summed E-state index contributed by atoms with van der Waals surface area (Å²) in [5.74, 6) is -4.92. The SMILES string of the molecule is CCCCC(CC(=O)[C@@H]1[C@@H]2[C@H](CN1C(=O)[C@@H](CC(=O)OC(C)(C)C)C(C)(C)C)C2(C)C)C(=O)C(=O)CCC(=O)NC(C(=O)N(C)C)c1ccccc1. The number of esters is 1. The second-order valence-electron chi connectivity index (χ2n) is 17.5. The topological polar surface area (TPSA) is 147 Å². The number of hydrogen-bond acceptors (Lipinski definition) is 8. The van der Waals surface area contributed by atoms with Crippen molar-refractivity contribution in [3.05, 3.63) is 35.9 Å². The molecule has 11 heteroatoms. The number of benzene rings is 1. The molecule has 0 bridgehead atoms. The van der Waals surface area contributed by atoms with Crippen molar-refractivity contribution >= 4 is 41.0 Å². The zero-order valence-electron chi connectivity index (χ0n) is 33.2. The highest BCUT2D eigenvalue weighted by atomic mass is 16.6. The Labute approximate surface area is 310 Å². The molecule has 1 saturated heterocycles. The monoisotopic (exact) mass is 723 g/mol. The average molecular weight is 724 g/mol. The van der Waals surface area contributed by atoms with Crippen LogP contribution in [0.5, 0.6) is 0 Å². The van der Waals surface area contributed by atoms with Gasteiger partial charge in [0, 0.05) is 45.8 Å². The van der Waals surface area contributed by atoms with Gasteiger partial charge in [-0.3, -0.25) is 33.6 Å². The third kappa shape index (κ3) is 10.6. The molecule has 1 aromatic rings. The Kier molecular flexibility index (Phi) is 13.8. The van der Waals surface area contributed by atoms with Gasteiger partial charge in [0.05, 0.1) is 18.4 Å². The van der Waals surface area contributed by atoms with Crippen LogP contribution in [0.25, 0.3) is 0 Å². The standard InChI is InChI=1S/C41H61N3O8/c1-12-13-17-26(36(49)29(45)20-21-31(47)42-34(38(51)43(10)11)25-18-15-14-16-19-25)22-30(46)35-33-28(41(33,8)9)24-44(35)37(50)27(39(2,3)4)23-32(48)52-40(5,6)7/h14-16,18-19,26-28,33-35H,12-13,17,20-24H2,1-11H3,(H,42,47)/t26?,27-,28+,33+,34?,35-/m1/s1. The predicted octanol–water partition coefficient (Wildman–Crippen LogP) is 5.49. The van der Waals surface area contributed by atoms with Crippen LogP contribution in [-0.4, -0.2) is 83.1 Å². The van der Waals surface area contributed by atoms with Crippen LogP contribution in [0.3, 0.4) is 0 Å². The quantitative estimate of drug-likeness (QED) is 0.164. The lowest BCUT2D eigenvalue weighted by Crippen LogP contribution is -2.51. The van der Waals surface area contributed by atoms with Crippen molar-refractivity contribution in [2.24, 2.45) is 34.5 Å². The molecule has 1 aliphatic carbocycles. The number of likely N-dealkylation sites (tertiary alicyclic amines) is 1. The number of nitrogens with zero attached hydrogens (tertiary/aromatic N) is 2. The highest BCUT2D eigenvalue weighted by Gasteiger charge is 2.69. The maximum atomic E-state index is 14.3. The van der Waals surface area contributed by atoms with Gasteiger partial charge in [-0.05, 0) is 55.4 Å². The molecule has 0 radical (unpaired) electrons. The van der Waals surface area contributed by atoms with Gasteiger partial charge in [-0.25, -0.2) is 0 Å². The first-order chi connectivity index (χ1) is 24.0. The molecule has 2 aliphatic rings. The van der Waals surface area contributed by atoms with Crippen LogP contribution in [0, 0.1) is 34.5 Å². The number of hydrogen-bond donors (Lipinski definition) is 1. The van der Waals surface area contributed by atoms with Gasteiger partial charge in [0.2, 0.25) is 23.5 Å². The number of carbonyl (C=O) groups excluding carboxylic acids is 7. The minimum absolute atomic E-state index is 0.0881. The Hall–Kier alpha value is -3.89. The van der Waals surface area contributed by atoms with E-state index >= 15 is 0 Å². The fourth-order valence-corrected chi connectivity index (χ4v) is 7.54. The van der Waals surface area contributed by atoms with Gasteiger partial charge < -0.3 is 19.9 Å². The number of nitrogens with one attached hydrogen (secondary N) is 1. The largest absolute Gasteiger partial charge is 0.460 e. The van der Waals surface area contributed by atoms with Gasteiger partial charge in [0.15, 0.2) is 11.6 Å². The zero-order valence-corrected chi connectivity index (χ0v) is 33.2. The zero-order chi connectivity index (χ0) is 39.3. The molecule has 0 spiro atoms. The van der Waals surface area contributed by atoms with E-state index in [1.165, 1.54) is 4.90 Å². The van der Waals surface area contributed by atoms with Crippen LogP contribution in [0.15, 0.2) is 30.3 Å². The Morgan fingerprint density at radius 3 is 2.10 bits per heavy atom. The highest BCUT2D eigenvalue weighted by Crippen LogP contribution is 2.65. The maximum Gasteiger partial charge on any atom is 0.307 e. The molecule has 1 aliphatic heterocycles. The molecular weight excluding hydrogens is 662 g/mol. The van der Waals surface area contributed by atoms with E-state index in [9.17, 15) is 33.6 Å². The minimum atomic E-state index is -0.945. The molecule has 11 nitrogen and oxygen atoms in total. The number of fused-ring (bicyclic) bond motifs is 1. The number of unbranched alkanes of at least 4 members (excludes halogenated alkanes) is 1. The summed E-state index contributed by atoms with van der Waals surface area (Å²) in [5, 5.41) is 2.70. The molecule has 288 valence electrons. The van der Waals surface area contributed by atoms with Crippen molar-refractivity contribution < 1.29 is 38.3 Å². The summed E-state index contributed by atoms with van der Waals surface area (Å²) < 4.78 is 5.56. The Bertz CT molecular complexity index is 1500. The molecule has 1 heterocycles. The first-order valence-electron chi connectivity index (χ1n) is 18.7. The van der Waals surface area contributed by atoms with Crippen molar-refractivity contribution in [2.45, 2.75) is 125 Å². The highest BCUT2D eigenvalue weighted by molar-refractivity contribution is 6.38. The molecule has 1 saturated carbocycles. The van der Waals surface area contributed by atoms with Crippen molar-refractivity contribution in [1.29, 1.82) is 0 Å².